The highest BCUT2D eigenvalue weighted by atomic mass is 32.2. The van der Waals surface area contributed by atoms with Crippen LogP contribution in [0.4, 0.5) is 4.39 Å². The molecule has 0 unspecified atom stereocenters. The first-order chi connectivity index (χ1) is 16.3. The summed E-state index contributed by atoms with van der Waals surface area (Å²) in [5.74, 6) is 1.71. The number of thioether (sulfide) groups is 1. The molecule has 9 heteroatoms. The first-order valence-electron chi connectivity index (χ1n) is 10.5. The molecule has 1 heterocycles. The van der Waals surface area contributed by atoms with Gasteiger partial charge in [-0.25, -0.2) is 4.39 Å². The van der Waals surface area contributed by atoms with Gasteiger partial charge in [0.15, 0.2) is 11.5 Å². The topological polar surface area (TPSA) is 74.1 Å². The fourth-order valence-corrected chi connectivity index (χ4v) is 4.02. The van der Waals surface area contributed by atoms with Gasteiger partial charge < -0.3 is 14.8 Å². The largest absolute Gasteiger partial charge is 0.493 e. The Labute approximate surface area is 195 Å². The SMILES string of the molecule is COc1cccc(CNCCSc2nnnn2-c2ccccc2)c1OCc1ccccc1F. The quantitative estimate of drug-likeness (QED) is 0.262. The lowest BCUT2D eigenvalue weighted by molar-refractivity contribution is 0.276. The maximum Gasteiger partial charge on any atom is 0.214 e. The van der Waals surface area contributed by atoms with Gasteiger partial charge in [0.05, 0.1) is 12.8 Å². The smallest absolute Gasteiger partial charge is 0.214 e. The van der Waals surface area contributed by atoms with E-state index < -0.39 is 0 Å². The maximum absolute atomic E-state index is 14.0. The molecule has 4 aromatic rings. The van der Waals surface area contributed by atoms with Crippen LogP contribution in [0.5, 0.6) is 11.5 Å². The Morgan fingerprint density at radius 3 is 2.58 bits per heavy atom. The van der Waals surface area contributed by atoms with Gasteiger partial charge in [-0.2, -0.15) is 4.68 Å². The molecule has 170 valence electrons. The minimum Gasteiger partial charge on any atom is -0.493 e. The normalized spacial score (nSPS) is 10.8. The Bertz CT molecular complexity index is 1170. The van der Waals surface area contributed by atoms with Crippen LogP contribution in [-0.2, 0) is 13.2 Å². The van der Waals surface area contributed by atoms with Crippen LogP contribution in [0, 0.1) is 5.82 Å². The highest BCUT2D eigenvalue weighted by Crippen LogP contribution is 2.32. The van der Waals surface area contributed by atoms with Crippen molar-refractivity contribution in [1.82, 2.24) is 25.5 Å². The fraction of sp³-hybridized carbons (Fsp3) is 0.208. The van der Waals surface area contributed by atoms with E-state index in [4.69, 9.17) is 9.47 Å². The van der Waals surface area contributed by atoms with Crippen molar-refractivity contribution >= 4 is 11.8 Å². The second-order valence-corrected chi connectivity index (χ2v) is 8.12. The van der Waals surface area contributed by atoms with Gasteiger partial charge in [-0.15, -0.1) is 5.10 Å². The van der Waals surface area contributed by atoms with Crippen LogP contribution < -0.4 is 14.8 Å². The number of ether oxygens (including phenoxy) is 2. The zero-order valence-electron chi connectivity index (χ0n) is 18.1. The van der Waals surface area contributed by atoms with Crippen LogP contribution in [0.25, 0.3) is 5.69 Å². The van der Waals surface area contributed by atoms with Crippen LogP contribution in [0.2, 0.25) is 0 Å². The van der Waals surface area contributed by atoms with E-state index >= 15 is 0 Å². The third kappa shape index (κ3) is 5.88. The molecule has 3 aromatic carbocycles. The molecule has 0 saturated heterocycles. The molecule has 0 fully saturated rings. The lowest BCUT2D eigenvalue weighted by Crippen LogP contribution is -2.17. The lowest BCUT2D eigenvalue weighted by Gasteiger charge is -2.16. The van der Waals surface area contributed by atoms with E-state index in [1.54, 1.807) is 41.8 Å². The zero-order valence-corrected chi connectivity index (χ0v) is 19.0. The van der Waals surface area contributed by atoms with Crippen molar-refractivity contribution in [2.24, 2.45) is 0 Å². The number of hydrogen-bond acceptors (Lipinski definition) is 7. The van der Waals surface area contributed by atoms with Gasteiger partial charge >= 0.3 is 0 Å². The van der Waals surface area contributed by atoms with Gasteiger partial charge in [0.2, 0.25) is 5.16 Å². The zero-order chi connectivity index (χ0) is 22.9. The predicted octanol–water partition coefficient (Wildman–Crippen LogP) is 4.27. The number of halogens is 1. The van der Waals surface area contributed by atoms with E-state index in [2.05, 4.69) is 20.8 Å². The molecule has 4 rings (SSSR count). The first-order valence-corrected chi connectivity index (χ1v) is 11.4. The summed E-state index contributed by atoms with van der Waals surface area (Å²) < 4.78 is 27.1. The standard InChI is InChI=1S/C24H24FN5O2S/c1-31-22-13-7-9-18(23(22)32-17-19-8-5-6-12-21(19)25)16-26-14-15-33-24-27-28-29-30(24)20-10-3-2-4-11-20/h2-13,26H,14-17H2,1H3. The van der Waals surface area contributed by atoms with Crippen molar-refractivity contribution in [2.75, 3.05) is 19.4 Å². The maximum atomic E-state index is 14.0. The Balaban J connectivity index is 1.33. The second-order valence-electron chi connectivity index (χ2n) is 7.06. The molecule has 0 aliphatic rings. The molecule has 0 radical (unpaired) electrons. The van der Waals surface area contributed by atoms with Crippen LogP contribution >= 0.6 is 11.8 Å². The Hall–Kier alpha value is -3.43. The summed E-state index contributed by atoms with van der Waals surface area (Å²) in [5.41, 5.74) is 2.35. The van der Waals surface area contributed by atoms with Gasteiger partial charge in [0.1, 0.15) is 12.4 Å². The summed E-state index contributed by atoms with van der Waals surface area (Å²) in [6.45, 7) is 1.43. The van der Waals surface area contributed by atoms with Gasteiger partial charge in [-0.05, 0) is 34.7 Å². The Morgan fingerprint density at radius 1 is 0.970 bits per heavy atom. The number of aromatic nitrogens is 4. The van der Waals surface area contributed by atoms with E-state index in [0.717, 1.165) is 28.7 Å². The Kier molecular flexibility index (Phi) is 7.89. The van der Waals surface area contributed by atoms with E-state index in [1.165, 1.54) is 6.07 Å². The number of hydrogen-bond donors (Lipinski definition) is 1. The van der Waals surface area contributed by atoms with Crippen LogP contribution in [0.3, 0.4) is 0 Å². The molecule has 0 spiro atoms. The number of tetrazole rings is 1. The van der Waals surface area contributed by atoms with Crippen molar-refractivity contribution in [3.05, 3.63) is 89.7 Å². The second kappa shape index (κ2) is 11.4. The van der Waals surface area contributed by atoms with Gasteiger partial charge in [0.25, 0.3) is 0 Å². The van der Waals surface area contributed by atoms with Crippen molar-refractivity contribution in [3.63, 3.8) is 0 Å². The van der Waals surface area contributed by atoms with Crippen LogP contribution in [0.15, 0.2) is 78.0 Å². The molecule has 0 saturated carbocycles. The number of nitrogens with one attached hydrogen (secondary N) is 1. The number of nitrogens with zero attached hydrogens (tertiary/aromatic N) is 4. The van der Waals surface area contributed by atoms with Crippen LogP contribution in [-0.4, -0.2) is 39.6 Å². The molecule has 0 aliphatic heterocycles. The molecule has 1 aromatic heterocycles. The van der Waals surface area contributed by atoms with Gasteiger partial charge in [-0.1, -0.05) is 60.3 Å². The summed E-state index contributed by atoms with van der Waals surface area (Å²) in [6.07, 6.45) is 0. The number of methoxy groups -OCH3 is 1. The van der Waals surface area contributed by atoms with Crippen molar-refractivity contribution in [3.8, 4) is 17.2 Å². The summed E-state index contributed by atoms with van der Waals surface area (Å²) in [7, 11) is 1.59. The average molecular weight is 466 g/mol. The van der Waals surface area contributed by atoms with Crippen molar-refractivity contribution in [2.45, 2.75) is 18.3 Å². The number of rotatable bonds is 11. The molecule has 33 heavy (non-hydrogen) atoms. The third-order valence-electron chi connectivity index (χ3n) is 4.88. The summed E-state index contributed by atoms with van der Waals surface area (Å²) in [6, 6.07) is 22.1. The highest BCUT2D eigenvalue weighted by molar-refractivity contribution is 7.99. The number of para-hydroxylation sites is 2. The van der Waals surface area contributed by atoms with E-state index in [1.807, 2.05) is 48.5 Å². The molecule has 0 aliphatic carbocycles. The van der Waals surface area contributed by atoms with E-state index in [0.29, 0.717) is 23.6 Å². The summed E-state index contributed by atoms with van der Waals surface area (Å²) >= 11 is 1.57. The lowest BCUT2D eigenvalue weighted by atomic mass is 10.1. The summed E-state index contributed by atoms with van der Waals surface area (Å²) in [5, 5.41) is 16.1. The van der Waals surface area contributed by atoms with E-state index in [9.17, 15) is 4.39 Å². The number of benzene rings is 3. The van der Waals surface area contributed by atoms with Gasteiger partial charge in [0, 0.05) is 30.0 Å². The average Bonchev–Trinajstić information content (AvgIpc) is 3.32. The molecule has 7 nitrogen and oxygen atoms in total. The molecule has 0 amide bonds. The molecular formula is C24H24FN5O2S. The van der Waals surface area contributed by atoms with Gasteiger partial charge in [-0.3, -0.25) is 0 Å². The minimum absolute atomic E-state index is 0.123. The minimum atomic E-state index is -0.290. The fourth-order valence-electron chi connectivity index (χ4n) is 3.23. The molecule has 1 N–H and O–H groups in total. The molecular weight excluding hydrogens is 441 g/mol. The highest BCUT2D eigenvalue weighted by Gasteiger charge is 2.13. The molecule has 0 bridgehead atoms. The first kappa shape index (κ1) is 22.8. The van der Waals surface area contributed by atoms with Crippen molar-refractivity contribution in [1.29, 1.82) is 0 Å². The van der Waals surface area contributed by atoms with E-state index in [-0.39, 0.29) is 12.4 Å². The monoisotopic (exact) mass is 465 g/mol. The predicted molar refractivity (Wildman–Crippen MR) is 125 cm³/mol. The Morgan fingerprint density at radius 2 is 1.76 bits per heavy atom. The summed E-state index contributed by atoms with van der Waals surface area (Å²) in [4.78, 5) is 0. The molecule has 0 atom stereocenters. The van der Waals surface area contributed by atoms with Crippen molar-refractivity contribution < 1.29 is 13.9 Å². The third-order valence-corrected chi connectivity index (χ3v) is 5.80. The van der Waals surface area contributed by atoms with Crippen LogP contribution in [0.1, 0.15) is 11.1 Å².